The highest BCUT2D eigenvalue weighted by Gasteiger charge is 2.14. The van der Waals surface area contributed by atoms with Crippen molar-refractivity contribution in [2.75, 3.05) is 0 Å². The number of pyridine rings is 1. The van der Waals surface area contributed by atoms with Crippen molar-refractivity contribution in [3.05, 3.63) is 60.9 Å². The van der Waals surface area contributed by atoms with Gasteiger partial charge >= 0.3 is 0 Å². The van der Waals surface area contributed by atoms with E-state index in [-0.39, 0.29) is 0 Å². The summed E-state index contributed by atoms with van der Waals surface area (Å²) in [6.07, 6.45) is 11.2. The van der Waals surface area contributed by atoms with Crippen molar-refractivity contribution in [2.45, 2.75) is 6.54 Å². The maximum absolute atomic E-state index is 4.78. The molecule has 0 aliphatic carbocycles. The monoisotopic (exact) mass is 319 g/mol. The van der Waals surface area contributed by atoms with Crippen molar-refractivity contribution < 1.29 is 0 Å². The lowest BCUT2D eigenvalue weighted by molar-refractivity contribution is 0.696. The highest BCUT2D eigenvalue weighted by Crippen LogP contribution is 2.26. The fourth-order valence-electron chi connectivity index (χ4n) is 2.68. The second-order valence-electron chi connectivity index (χ2n) is 5.73. The molecule has 0 amide bonds. The zero-order valence-electron chi connectivity index (χ0n) is 13.5. The van der Waals surface area contributed by atoms with Gasteiger partial charge in [-0.05, 0) is 23.8 Å². The van der Waals surface area contributed by atoms with E-state index in [0.29, 0.717) is 6.54 Å². The predicted octanol–water partition coefficient (Wildman–Crippen LogP) is 2.13. The van der Waals surface area contributed by atoms with E-state index in [4.69, 9.17) is 5.10 Å². The van der Waals surface area contributed by atoms with Crippen LogP contribution in [-0.4, -0.2) is 34.3 Å². The Morgan fingerprint density at radius 3 is 2.21 bits per heavy atom. The number of rotatable bonds is 4. The number of hydrogen-bond donors (Lipinski definition) is 0. The molecule has 120 valence electrons. The van der Waals surface area contributed by atoms with Crippen LogP contribution in [0.15, 0.2) is 55.4 Å². The second kappa shape index (κ2) is 5.77. The van der Waals surface area contributed by atoms with E-state index in [1.54, 1.807) is 21.8 Å². The standard InChI is InChI=1S/C17H17N7/c1-22-11-14(8-19-22)16-7-17(15-9-20-23(2)12-15)24(21-16)10-13-3-5-18-6-4-13/h3-9,11-12H,10H2,1-2H3. The molecule has 0 spiro atoms. The van der Waals surface area contributed by atoms with E-state index in [1.807, 2.05) is 55.7 Å². The van der Waals surface area contributed by atoms with Crippen molar-refractivity contribution >= 4 is 0 Å². The minimum Gasteiger partial charge on any atom is -0.275 e. The summed E-state index contributed by atoms with van der Waals surface area (Å²) < 4.78 is 5.57. The third kappa shape index (κ3) is 2.71. The van der Waals surface area contributed by atoms with Crippen LogP contribution < -0.4 is 0 Å². The van der Waals surface area contributed by atoms with Gasteiger partial charge in [-0.25, -0.2) is 0 Å². The molecule has 0 radical (unpaired) electrons. The van der Waals surface area contributed by atoms with Gasteiger partial charge in [0.15, 0.2) is 0 Å². The molecule has 0 fully saturated rings. The van der Waals surface area contributed by atoms with Crippen molar-refractivity contribution in [3.8, 4) is 22.5 Å². The van der Waals surface area contributed by atoms with Gasteiger partial charge in [-0.1, -0.05) is 0 Å². The average Bonchev–Trinajstić information content (AvgIpc) is 3.28. The molecule has 4 aromatic rings. The van der Waals surface area contributed by atoms with Gasteiger partial charge in [-0.15, -0.1) is 0 Å². The Hall–Kier alpha value is -3.22. The van der Waals surface area contributed by atoms with Crippen molar-refractivity contribution in [1.82, 2.24) is 34.3 Å². The number of hydrogen-bond acceptors (Lipinski definition) is 4. The van der Waals surface area contributed by atoms with Crippen molar-refractivity contribution in [3.63, 3.8) is 0 Å². The highest BCUT2D eigenvalue weighted by atomic mass is 15.3. The summed E-state index contributed by atoms with van der Waals surface area (Å²) in [7, 11) is 3.81. The van der Waals surface area contributed by atoms with Crippen molar-refractivity contribution in [2.24, 2.45) is 14.1 Å². The Kier molecular flexibility index (Phi) is 3.45. The van der Waals surface area contributed by atoms with Gasteiger partial charge in [-0.3, -0.25) is 19.0 Å². The lowest BCUT2D eigenvalue weighted by atomic mass is 10.2. The molecule has 0 aliphatic rings. The molecule has 24 heavy (non-hydrogen) atoms. The van der Waals surface area contributed by atoms with Crippen LogP contribution in [0.4, 0.5) is 0 Å². The molecule has 0 bridgehead atoms. The zero-order chi connectivity index (χ0) is 16.5. The second-order valence-corrected chi connectivity index (χ2v) is 5.73. The number of nitrogens with zero attached hydrogens (tertiary/aromatic N) is 7. The molecule has 0 aliphatic heterocycles. The number of aromatic nitrogens is 7. The molecular weight excluding hydrogens is 302 g/mol. The third-order valence-electron chi connectivity index (χ3n) is 3.86. The fourth-order valence-corrected chi connectivity index (χ4v) is 2.68. The summed E-state index contributed by atoms with van der Waals surface area (Å²) >= 11 is 0. The maximum atomic E-state index is 4.78. The van der Waals surface area contributed by atoms with Gasteiger partial charge in [0.1, 0.15) is 0 Å². The fraction of sp³-hybridized carbons (Fsp3) is 0.176. The van der Waals surface area contributed by atoms with Crippen LogP contribution >= 0.6 is 0 Å². The summed E-state index contributed by atoms with van der Waals surface area (Å²) in [5.74, 6) is 0. The van der Waals surface area contributed by atoms with E-state index in [9.17, 15) is 0 Å². The van der Waals surface area contributed by atoms with Gasteiger partial charge in [0.2, 0.25) is 0 Å². The predicted molar refractivity (Wildman–Crippen MR) is 90.0 cm³/mol. The molecule has 7 heteroatoms. The van der Waals surface area contributed by atoms with Gasteiger partial charge in [0.25, 0.3) is 0 Å². The summed E-state index contributed by atoms with van der Waals surface area (Å²) in [4.78, 5) is 4.07. The molecule has 0 atom stereocenters. The molecule has 0 saturated carbocycles. The Labute approximate surface area is 139 Å². The van der Waals surface area contributed by atoms with Crippen LogP contribution in [0.2, 0.25) is 0 Å². The molecule has 4 rings (SSSR count). The van der Waals surface area contributed by atoms with E-state index in [0.717, 1.165) is 28.1 Å². The molecule has 4 aromatic heterocycles. The Morgan fingerprint density at radius 2 is 1.58 bits per heavy atom. The van der Waals surface area contributed by atoms with Gasteiger partial charge in [-0.2, -0.15) is 15.3 Å². The molecule has 4 heterocycles. The molecule has 0 unspecified atom stereocenters. The first kappa shape index (κ1) is 14.4. The van der Waals surface area contributed by atoms with Gasteiger partial charge < -0.3 is 0 Å². The average molecular weight is 319 g/mol. The van der Waals surface area contributed by atoms with Gasteiger partial charge in [0.05, 0.1) is 30.3 Å². The quantitative estimate of drug-likeness (QED) is 0.578. The zero-order valence-corrected chi connectivity index (χ0v) is 13.5. The Balaban J connectivity index is 1.79. The molecule has 0 saturated heterocycles. The van der Waals surface area contributed by atoms with Crippen LogP contribution in [-0.2, 0) is 20.6 Å². The smallest absolute Gasteiger partial charge is 0.0961 e. The topological polar surface area (TPSA) is 66.3 Å². The third-order valence-corrected chi connectivity index (χ3v) is 3.86. The Morgan fingerprint density at radius 1 is 0.917 bits per heavy atom. The van der Waals surface area contributed by atoms with Crippen LogP contribution in [0, 0.1) is 0 Å². The normalized spacial score (nSPS) is 11.1. The van der Waals surface area contributed by atoms with E-state index < -0.39 is 0 Å². The minimum atomic E-state index is 0.674. The number of aryl methyl sites for hydroxylation is 2. The molecule has 0 aromatic carbocycles. The molecule has 0 N–H and O–H groups in total. The van der Waals surface area contributed by atoms with E-state index in [1.165, 1.54) is 0 Å². The lowest BCUT2D eigenvalue weighted by Gasteiger charge is -2.05. The highest BCUT2D eigenvalue weighted by molar-refractivity contribution is 5.67. The Bertz CT molecular complexity index is 962. The molecule has 7 nitrogen and oxygen atoms in total. The first-order valence-electron chi connectivity index (χ1n) is 7.64. The summed E-state index contributed by atoms with van der Waals surface area (Å²) in [6, 6.07) is 6.08. The first-order valence-corrected chi connectivity index (χ1v) is 7.64. The van der Waals surface area contributed by atoms with E-state index in [2.05, 4.69) is 21.2 Å². The SMILES string of the molecule is Cn1cc(-c2cc(-c3cnn(C)c3)n(Cc3ccncc3)n2)cn1. The van der Waals surface area contributed by atoms with Crippen LogP contribution in [0.25, 0.3) is 22.5 Å². The largest absolute Gasteiger partial charge is 0.275 e. The van der Waals surface area contributed by atoms with Crippen LogP contribution in [0.3, 0.4) is 0 Å². The lowest BCUT2D eigenvalue weighted by Crippen LogP contribution is -2.03. The van der Waals surface area contributed by atoms with Crippen molar-refractivity contribution in [1.29, 1.82) is 0 Å². The van der Waals surface area contributed by atoms with Crippen LogP contribution in [0.1, 0.15) is 5.56 Å². The first-order chi connectivity index (χ1) is 11.7. The van der Waals surface area contributed by atoms with E-state index >= 15 is 0 Å². The summed E-state index contributed by atoms with van der Waals surface area (Å²) in [6.45, 7) is 0.674. The van der Waals surface area contributed by atoms with Gasteiger partial charge in [0, 0.05) is 50.0 Å². The molecular formula is C17H17N7. The minimum absolute atomic E-state index is 0.674. The maximum Gasteiger partial charge on any atom is 0.0961 e. The summed E-state index contributed by atoms with van der Waals surface area (Å²) in [5.41, 5.74) is 5.11. The van der Waals surface area contributed by atoms with Crippen LogP contribution in [0.5, 0.6) is 0 Å². The summed E-state index contributed by atoms with van der Waals surface area (Å²) in [5, 5.41) is 13.3.